The molecule has 0 bridgehead atoms. The molecule has 6 heteroatoms. The van der Waals surface area contributed by atoms with Gasteiger partial charge in [-0.2, -0.15) is 0 Å². The van der Waals surface area contributed by atoms with Crippen molar-refractivity contribution in [2.24, 2.45) is 0 Å². The van der Waals surface area contributed by atoms with E-state index in [9.17, 15) is 4.79 Å². The van der Waals surface area contributed by atoms with E-state index in [1.807, 2.05) is 6.07 Å². The molecule has 1 aromatic carbocycles. The van der Waals surface area contributed by atoms with Gasteiger partial charge in [0.2, 0.25) is 5.91 Å². The summed E-state index contributed by atoms with van der Waals surface area (Å²) < 4.78 is 0. The summed E-state index contributed by atoms with van der Waals surface area (Å²) in [6.45, 7) is 4.70. The highest BCUT2D eigenvalue weighted by Crippen LogP contribution is 2.47. The monoisotopic (exact) mass is 351 g/mol. The zero-order chi connectivity index (χ0) is 17.8. The summed E-state index contributed by atoms with van der Waals surface area (Å²) in [5.41, 5.74) is 1.51. The molecule has 1 saturated heterocycles. The van der Waals surface area contributed by atoms with Crippen molar-refractivity contribution in [1.82, 2.24) is 20.2 Å². The molecule has 1 saturated carbocycles. The van der Waals surface area contributed by atoms with Crippen LogP contribution in [-0.2, 0) is 10.2 Å². The third-order valence-corrected chi connectivity index (χ3v) is 5.48. The molecule has 2 aromatic rings. The first-order valence-corrected chi connectivity index (χ1v) is 9.31. The van der Waals surface area contributed by atoms with Gasteiger partial charge in [-0.3, -0.25) is 14.7 Å². The number of rotatable bonds is 6. The van der Waals surface area contributed by atoms with Crippen molar-refractivity contribution in [3.05, 3.63) is 54.5 Å². The van der Waals surface area contributed by atoms with Gasteiger partial charge in [-0.05, 0) is 18.4 Å². The Morgan fingerprint density at radius 1 is 1.08 bits per heavy atom. The summed E-state index contributed by atoms with van der Waals surface area (Å²) in [5.74, 6) is 1.04. The van der Waals surface area contributed by atoms with Gasteiger partial charge in [0.15, 0.2) is 0 Å². The van der Waals surface area contributed by atoms with Crippen LogP contribution >= 0.6 is 0 Å². The fraction of sp³-hybridized carbons (Fsp3) is 0.450. The molecule has 26 heavy (non-hydrogen) atoms. The maximum absolute atomic E-state index is 12.4. The number of carbonyl (C=O) groups is 1. The number of piperazine rings is 1. The minimum atomic E-state index is 0.125. The SMILES string of the molecule is O=C(CN1CCN(c2cnccn2)CC1)NCC1(c2ccccc2)CC1. The van der Waals surface area contributed by atoms with Crippen LogP contribution in [0.15, 0.2) is 48.9 Å². The van der Waals surface area contributed by atoms with Crippen LogP contribution in [0.5, 0.6) is 0 Å². The van der Waals surface area contributed by atoms with E-state index >= 15 is 0 Å². The highest BCUT2D eigenvalue weighted by molar-refractivity contribution is 5.78. The Hall–Kier alpha value is -2.47. The van der Waals surface area contributed by atoms with E-state index in [0.29, 0.717) is 6.54 Å². The van der Waals surface area contributed by atoms with Gasteiger partial charge in [0.1, 0.15) is 5.82 Å². The number of hydrogen-bond acceptors (Lipinski definition) is 5. The van der Waals surface area contributed by atoms with Crippen LogP contribution in [-0.4, -0.2) is 60.0 Å². The quantitative estimate of drug-likeness (QED) is 0.853. The number of nitrogens with one attached hydrogen (secondary N) is 1. The van der Waals surface area contributed by atoms with Crippen LogP contribution < -0.4 is 10.2 Å². The number of amides is 1. The van der Waals surface area contributed by atoms with E-state index in [4.69, 9.17) is 0 Å². The zero-order valence-electron chi connectivity index (χ0n) is 15.0. The molecule has 1 aliphatic carbocycles. The summed E-state index contributed by atoms with van der Waals surface area (Å²) in [7, 11) is 0. The van der Waals surface area contributed by atoms with Crippen molar-refractivity contribution in [2.75, 3.05) is 44.2 Å². The minimum Gasteiger partial charge on any atom is -0.354 e. The predicted octanol–water partition coefficient (Wildman–Crippen LogP) is 1.45. The van der Waals surface area contributed by atoms with Crippen molar-refractivity contribution < 1.29 is 4.79 Å². The van der Waals surface area contributed by atoms with Crippen LogP contribution in [0.4, 0.5) is 5.82 Å². The van der Waals surface area contributed by atoms with Gasteiger partial charge >= 0.3 is 0 Å². The molecule has 1 aromatic heterocycles. The zero-order valence-corrected chi connectivity index (χ0v) is 15.0. The van der Waals surface area contributed by atoms with E-state index in [-0.39, 0.29) is 11.3 Å². The summed E-state index contributed by atoms with van der Waals surface area (Å²) in [6, 6.07) is 10.5. The number of anilines is 1. The van der Waals surface area contributed by atoms with Crippen molar-refractivity contribution in [3.8, 4) is 0 Å². The second kappa shape index (κ2) is 7.41. The van der Waals surface area contributed by atoms with Crippen LogP contribution in [0, 0.1) is 0 Å². The molecule has 0 unspecified atom stereocenters. The number of nitrogens with zero attached hydrogens (tertiary/aromatic N) is 4. The lowest BCUT2D eigenvalue weighted by Crippen LogP contribution is -2.50. The third-order valence-electron chi connectivity index (χ3n) is 5.48. The molecule has 6 nitrogen and oxygen atoms in total. The molecule has 2 aliphatic rings. The summed E-state index contributed by atoms with van der Waals surface area (Å²) in [6.07, 6.45) is 7.52. The maximum Gasteiger partial charge on any atom is 0.234 e. The van der Waals surface area contributed by atoms with Crippen LogP contribution in [0.1, 0.15) is 18.4 Å². The van der Waals surface area contributed by atoms with Gasteiger partial charge in [0.05, 0.1) is 12.7 Å². The molecule has 1 amide bonds. The van der Waals surface area contributed by atoms with E-state index in [2.05, 4.69) is 49.4 Å². The second-order valence-corrected chi connectivity index (χ2v) is 7.25. The number of aromatic nitrogens is 2. The van der Waals surface area contributed by atoms with Gasteiger partial charge < -0.3 is 10.2 Å². The molecule has 2 fully saturated rings. The molecule has 4 rings (SSSR count). The third kappa shape index (κ3) is 3.85. The normalized spacial score (nSPS) is 19.2. The van der Waals surface area contributed by atoms with Crippen LogP contribution in [0.25, 0.3) is 0 Å². The molecular weight excluding hydrogens is 326 g/mol. The van der Waals surface area contributed by atoms with Gasteiger partial charge in [-0.25, -0.2) is 4.98 Å². The smallest absolute Gasteiger partial charge is 0.234 e. The average molecular weight is 351 g/mol. The predicted molar refractivity (Wildman–Crippen MR) is 101 cm³/mol. The Balaban J connectivity index is 1.23. The van der Waals surface area contributed by atoms with E-state index < -0.39 is 0 Å². The number of benzene rings is 1. The lowest BCUT2D eigenvalue weighted by molar-refractivity contribution is -0.122. The lowest BCUT2D eigenvalue weighted by atomic mass is 9.96. The lowest BCUT2D eigenvalue weighted by Gasteiger charge is -2.34. The van der Waals surface area contributed by atoms with Gasteiger partial charge in [0.25, 0.3) is 0 Å². The molecule has 1 aliphatic heterocycles. The second-order valence-electron chi connectivity index (χ2n) is 7.25. The molecule has 0 radical (unpaired) electrons. The van der Waals surface area contributed by atoms with Gasteiger partial charge in [0, 0.05) is 50.5 Å². The first kappa shape index (κ1) is 17.0. The Morgan fingerprint density at radius 2 is 1.85 bits per heavy atom. The first-order chi connectivity index (χ1) is 12.8. The molecule has 2 heterocycles. The topological polar surface area (TPSA) is 61.4 Å². The Labute approximate surface area is 154 Å². The van der Waals surface area contributed by atoms with Crippen molar-refractivity contribution in [3.63, 3.8) is 0 Å². The van der Waals surface area contributed by atoms with Crippen molar-refractivity contribution in [1.29, 1.82) is 0 Å². The molecular formula is C20H25N5O. The molecule has 136 valence electrons. The standard InChI is InChI=1S/C20H25N5O/c26-19(23-16-20(6-7-20)17-4-2-1-3-5-17)15-24-10-12-25(13-11-24)18-14-21-8-9-22-18/h1-5,8-9,14H,6-7,10-13,15-16H2,(H,23,26). The van der Waals surface area contributed by atoms with Crippen molar-refractivity contribution in [2.45, 2.75) is 18.3 Å². The van der Waals surface area contributed by atoms with Crippen LogP contribution in [0.3, 0.4) is 0 Å². The Morgan fingerprint density at radius 3 is 2.50 bits per heavy atom. The summed E-state index contributed by atoms with van der Waals surface area (Å²) >= 11 is 0. The fourth-order valence-corrected chi connectivity index (χ4v) is 3.63. The molecule has 0 atom stereocenters. The molecule has 1 N–H and O–H groups in total. The Kier molecular flexibility index (Phi) is 4.84. The highest BCUT2D eigenvalue weighted by Gasteiger charge is 2.44. The van der Waals surface area contributed by atoms with Crippen LogP contribution in [0.2, 0.25) is 0 Å². The summed E-state index contributed by atoms with van der Waals surface area (Å²) in [4.78, 5) is 25.3. The van der Waals surface area contributed by atoms with Gasteiger partial charge in [-0.1, -0.05) is 30.3 Å². The minimum absolute atomic E-state index is 0.125. The number of carbonyl (C=O) groups excluding carboxylic acids is 1. The fourth-order valence-electron chi connectivity index (χ4n) is 3.63. The van der Waals surface area contributed by atoms with E-state index in [0.717, 1.165) is 51.4 Å². The first-order valence-electron chi connectivity index (χ1n) is 9.31. The van der Waals surface area contributed by atoms with E-state index in [1.54, 1.807) is 18.6 Å². The Bertz CT molecular complexity index is 724. The summed E-state index contributed by atoms with van der Waals surface area (Å²) in [5, 5.41) is 3.16. The van der Waals surface area contributed by atoms with Gasteiger partial charge in [-0.15, -0.1) is 0 Å². The molecule has 0 spiro atoms. The van der Waals surface area contributed by atoms with E-state index in [1.165, 1.54) is 5.56 Å². The highest BCUT2D eigenvalue weighted by atomic mass is 16.2. The maximum atomic E-state index is 12.4. The largest absolute Gasteiger partial charge is 0.354 e. The van der Waals surface area contributed by atoms with Crippen molar-refractivity contribution >= 4 is 11.7 Å². The number of hydrogen-bond donors (Lipinski definition) is 1. The average Bonchev–Trinajstić information content (AvgIpc) is 3.50.